The first kappa shape index (κ1) is 13.9. The standard InChI is InChI=1S/C17H25NO2/c1-3-8-18-14-11-17(16-5-4-9-19-16)20-15-7-6-12(2)10-13(14)15/h6-7,10,14,16-18H,3-5,8-9,11H2,1-2H3. The molecule has 0 radical (unpaired) electrons. The minimum Gasteiger partial charge on any atom is -0.487 e. The summed E-state index contributed by atoms with van der Waals surface area (Å²) in [5.74, 6) is 1.04. The van der Waals surface area contributed by atoms with Crippen molar-refractivity contribution >= 4 is 0 Å². The molecule has 3 unspecified atom stereocenters. The Kier molecular flexibility index (Phi) is 4.27. The highest BCUT2D eigenvalue weighted by Gasteiger charge is 2.35. The fourth-order valence-corrected chi connectivity index (χ4v) is 3.25. The third-order valence-electron chi connectivity index (χ3n) is 4.31. The van der Waals surface area contributed by atoms with Gasteiger partial charge in [0, 0.05) is 24.6 Å². The quantitative estimate of drug-likeness (QED) is 0.914. The smallest absolute Gasteiger partial charge is 0.127 e. The molecule has 0 aromatic heterocycles. The monoisotopic (exact) mass is 275 g/mol. The van der Waals surface area contributed by atoms with Crippen molar-refractivity contribution in [3.63, 3.8) is 0 Å². The minimum atomic E-state index is 0.196. The van der Waals surface area contributed by atoms with Gasteiger partial charge in [-0.25, -0.2) is 0 Å². The maximum atomic E-state index is 6.22. The van der Waals surface area contributed by atoms with Gasteiger partial charge >= 0.3 is 0 Å². The van der Waals surface area contributed by atoms with Crippen LogP contribution >= 0.6 is 0 Å². The highest BCUT2D eigenvalue weighted by atomic mass is 16.5. The number of fused-ring (bicyclic) bond motifs is 1. The van der Waals surface area contributed by atoms with Crippen LogP contribution in [-0.2, 0) is 4.74 Å². The molecule has 2 aliphatic heterocycles. The molecule has 3 nitrogen and oxygen atoms in total. The van der Waals surface area contributed by atoms with Crippen molar-refractivity contribution in [2.24, 2.45) is 0 Å². The van der Waals surface area contributed by atoms with Gasteiger partial charge in [-0.1, -0.05) is 24.6 Å². The molecule has 2 heterocycles. The third-order valence-corrected chi connectivity index (χ3v) is 4.31. The van der Waals surface area contributed by atoms with Gasteiger partial charge in [0.05, 0.1) is 6.10 Å². The highest BCUT2D eigenvalue weighted by molar-refractivity contribution is 5.41. The molecule has 0 spiro atoms. The molecule has 3 heteroatoms. The van der Waals surface area contributed by atoms with Crippen molar-refractivity contribution in [1.82, 2.24) is 5.32 Å². The van der Waals surface area contributed by atoms with E-state index >= 15 is 0 Å². The highest BCUT2D eigenvalue weighted by Crippen LogP contribution is 2.38. The summed E-state index contributed by atoms with van der Waals surface area (Å²) in [7, 11) is 0. The van der Waals surface area contributed by atoms with Crippen LogP contribution in [-0.4, -0.2) is 25.4 Å². The first-order chi connectivity index (χ1) is 9.78. The normalized spacial score (nSPS) is 29.0. The molecular formula is C17H25NO2. The molecule has 1 aromatic rings. The Balaban J connectivity index is 1.82. The van der Waals surface area contributed by atoms with Crippen LogP contribution in [0.25, 0.3) is 0 Å². The zero-order valence-electron chi connectivity index (χ0n) is 12.5. The Bertz CT molecular complexity index is 454. The molecular weight excluding hydrogens is 250 g/mol. The third kappa shape index (κ3) is 2.84. The molecule has 0 bridgehead atoms. The minimum absolute atomic E-state index is 0.196. The van der Waals surface area contributed by atoms with E-state index < -0.39 is 0 Å². The lowest BCUT2D eigenvalue weighted by molar-refractivity contribution is -0.00446. The Morgan fingerprint density at radius 1 is 1.30 bits per heavy atom. The molecule has 0 saturated carbocycles. The zero-order chi connectivity index (χ0) is 13.9. The van der Waals surface area contributed by atoms with Gasteiger partial charge < -0.3 is 14.8 Å². The van der Waals surface area contributed by atoms with Gasteiger partial charge in [0.25, 0.3) is 0 Å². The van der Waals surface area contributed by atoms with Crippen LogP contribution in [0.5, 0.6) is 5.75 Å². The van der Waals surface area contributed by atoms with Gasteiger partial charge in [-0.2, -0.15) is 0 Å². The van der Waals surface area contributed by atoms with E-state index in [-0.39, 0.29) is 12.2 Å². The van der Waals surface area contributed by atoms with Crippen LogP contribution in [0.15, 0.2) is 18.2 Å². The Morgan fingerprint density at radius 2 is 2.20 bits per heavy atom. The van der Waals surface area contributed by atoms with E-state index in [9.17, 15) is 0 Å². The summed E-state index contributed by atoms with van der Waals surface area (Å²) in [5.41, 5.74) is 2.61. The van der Waals surface area contributed by atoms with Gasteiger partial charge in [0.2, 0.25) is 0 Å². The van der Waals surface area contributed by atoms with Crippen LogP contribution in [0.4, 0.5) is 0 Å². The number of aryl methyl sites for hydroxylation is 1. The van der Waals surface area contributed by atoms with E-state index in [0.717, 1.165) is 38.2 Å². The number of benzene rings is 1. The van der Waals surface area contributed by atoms with Gasteiger partial charge in [-0.15, -0.1) is 0 Å². The van der Waals surface area contributed by atoms with Crippen LogP contribution in [0.1, 0.15) is 49.8 Å². The average molecular weight is 275 g/mol. The second kappa shape index (κ2) is 6.15. The zero-order valence-corrected chi connectivity index (χ0v) is 12.5. The van der Waals surface area contributed by atoms with Crippen molar-refractivity contribution in [1.29, 1.82) is 0 Å². The predicted molar refractivity (Wildman–Crippen MR) is 80.2 cm³/mol. The van der Waals surface area contributed by atoms with Gasteiger partial charge in [0.15, 0.2) is 0 Å². The first-order valence-electron chi connectivity index (χ1n) is 7.90. The summed E-state index contributed by atoms with van der Waals surface area (Å²) in [4.78, 5) is 0. The molecule has 0 aliphatic carbocycles. The Hall–Kier alpha value is -1.06. The number of hydrogen-bond donors (Lipinski definition) is 1. The number of rotatable bonds is 4. The van der Waals surface area contributed by atoms with E-state index in [1.807, 2.05) is 0 Å². The van der Waals surface area contributed by atoms with E-state index in [0.29, 0.717) is 6.04 Å². The Labute approximate surface area is 121 Å². The molecule has 2 aliphatic rings. The summed E-state index contributed by atoms with van der Waals surface area (Å²) in [6.45, 7) is 6.29. The molecule has 20 heavy (non-hydrogen) atoms. The van der Waals surface area contributed by atoms with Crippen LogP contribution in [0, 0.1) is 6.92 Å². The van der Waals surface area contributed by atoms with Crippen molar-refractivity contribution in [2.75, 3.05) is 13.2 Å². The first-order valence-corrected chi connectivity index (χ1v) is 7.90. The SMILES string of the molecule is CCCNC1CC(C2CCCO2)Oc2ccc(C)cc21. The van der Waals surface area contributed by atoms with Crippen LogP contribution in [0.3, 0.4) is 0 Å². The molecule has 1 N–H and O–H groups in total. The lowest BCUT2D eigenvalue weighted by Gasteiger charge is -2.35. The lowest BCUT2D eigenvalue weighted by atomic mass is 9.92. The average Bonchev–Trinajstić information content (AvgIpc) is 2.99. The fraction of sp³-hybridized carbons (Fsp3) is 0.647. The maximum Gasteiger partial charge on any atom is 0.127 e. The second-order valence-corrected chi connectivity index (χ2v) is 5.99. The van der Waals surface area contributed by atoms with Gasteiger partial charge in [-0.3, -0.25) is 0 Å². The second-order valence-electron chi connectivity index (χ2n) is 5.99. The molecule has 110 valence electrons. The topological polar surface area (TPSA) is 30.5 Å². The molecule has 3 atom stereocenters. The summed E-state index contributed by atoms with van der Waals surface area (Å²) in [6.07, 6.45) is 4.94. The molecule has 3 rings (SSSR count). The summed E-state index contributed by atoms with van der Waals surface area (Å²) in [5, 5.41) is 3.67. The van der Waals surface area contributed by atoms with Gasteiger partial charge in [-0.05, 0) is 38.8 Å². The van der Waals surface area contributed by atoms with Gasteiger partial charge in [0.1, 0.15) is 11.9 Å². The summed E-state index contributed by atoms with van der Waals surface area (Å²) < 4.78 is 12.0. The maximum absolute atomic E-state index is 6.22. The molecule has 1 fully saturated rings. The predicted octanol–water partition coefficient (Wildman–Crippen LogP) is 3.37. The van der Waals surface area contributed by atoms with Crippen molar-refractivity contribution in [2.45, 2.75) is 57.8 Å². The number of hydrogen-bond acceptors (Lipinski definition) is 3. The molecule has 1 saturated heterocycles. The van der Waals surface area contributed by atoms with E-state index in [1.54, 1.807) is 0 Å². The summed E-state index contributed by atoms with van der Waals surface area (Å²) in [6, 6.07) is 6.90. The van der Waals surface area contributed by atoms with Crippen molar-refractivity contribution in [3.05, 3.63) is 29.3 Å². The summed E-state index contributed by atoms with van der Waals surface area (Å²) >= 11 is 0. The van der Waals surface area contributed by atoms with E-state index in [1.165, 1.54) is 17.5 Å². The van der Waals surface area contributed by atoms with Crippen LogP contribution < -0.4 is 10.1 Å². The molecule has 0 amide bonds. The number of ether oxygens (including phenoxy) is 2. The van der Waals surface area contributed by atoms with E-state index in [4.69, 9.17) is 9.47 Å². The van der Waals surface area contributed by atoms with Crippen LogP contribution in [0.2, 0.25) is 0 Å². The molecule has 1 aromatic carbocycles. The number of nitrogens with one attached hydrogen (secondary N) is 1. The van der Waals surface area contributed by atoms with Crippen molar-refractivity contribution < 1.29 is 9.47 Å². The largest absolute Gasteiger partial charge is 0.487 e. The van der Waals surface area contributed by atoms with E-state index in [2.05, 4.69) is 37.4 Å². The fourth-order valence-electron chi connectivity index (χ4n) is 3.25. The lowest BCUT2D eigenvalue weighted by Crippen LogP contribution is -2.40. The Morgan fingerprint density at radius 3 is 2.95 bits per heavy atom. The van der Waals surface area contributed by atoms with Crippen molar-refractivity contribution in [3.8, 4) is 5.75 Å².